The van der Waals surface area contributed by atoms with Crippen LogP contribution in [0.15, 0.2) is 71.0 Å². The number of thioether (sulfide) groups is 1. The first-order valence-electron chi connectivity index (χ1n) is 9.77. The molecule has 29 heavy (non-hydrogen) atoms. The molecule has 4 aromatic rings. The van der Waals surface area contributed by atoms with Crippen molar-refractivity contribution < 1.29 is 0 Å². The maximum atomic E-state index is 13.2. The molecule has 0 fully saturated rings. The molecule has 0 atom stereocenters. The molecule has 0 aliphatic carbocycles. The summed E-state index contributed by atoms with van der Waals surface area (Å²) < 4.78 is 3.60. The normalized spacial score (nSPS) is 11.2. The largest absolute Gasteiger partial charge is 0.273 e. The fourth-order valence-corrected chi connectivity index (χ4v) is 4.20. The van der Waals surface area contributed by atoms with Crippen LogP contribution in [0.3, 0.4) is 0 Å². The Hall–Kier alpha value is -2.93. The van der Waals surface area contributed by atoms with Gasteiger partial charge in [0.2, 0.25) is 0 Å². The number of hydrogen-bond acceptors (Lipinski definition) is 5. The Morgan fingerprint density at radius 3 is 2.76 bits per heavy atom. The van der Waals surface area contributed by atoms with Crippen LogP contribution in [0.1, 0.15) is 24.8 Å². The summed E-state index contributed by atoms with van der Waals surface area (Å²) in [7, 11) is 0. The van der Waals surface area contributed by atoms with Crippen LogP contribution in [0.2, 0.25) is 0 Å². The highest BCUT2D eigenvalue weighted by Crippen LogP contribution is 2.22. The summed E-state index contributed by atoms with van der Waals surface area (Å²) in [5.41, 5.74) is 1.71. The van der Waals surface area contributed by atoms with Crippen molar-refractivity contribution in [3.05, 3.63) is 77.0 Å². The van der Waals surface area contributed by atoms with Gasteiger partial charge in [-0.25, -0.2) is 14.5 Å². The zero-order chi connectivity index (χ0) is 20.1. The number of rotatable bonds is 8. The van der Waals surface area contributed by atoms with Crippen LogP contribution >= 0.6 is 11.8 Å². The molecule has 4 rings (SSSR count). The van der Waals surface area contributed by atoms with Gasteiger partial charge in [-0.1, -0.05) is 30.3 Å². The molecule has 0 N–H and O–H groups in total. The number of nitrogens with zero attached hydrogens (tertiary/aromatic N) is 5. The minimum absolute atomic E-state index is 0.0742. The van der Waals surface area contributed by atoms with Gasteiger partial charge in [0, 0.05) is 30.9 Å². The van der Waals surface area contributed by atoms with E-state index in [1.807, 2.05) is 60.3 Å². The molecule has 0 aliphatic rings. The molecule has 1 aromatic carbocycles. The molecule has 0 unspecified atom stereocenters. The van der Waals surface area contributed by atoms with E-state index in [1.165, 1.54) is 0 Å². The number of hydrogen-bond donors (Lipinski definition) is 0. The number of aromatic nitrogens is 5. The Kier molecular flexibility index (Phi) is 6.05. The first kappa shape index (κ1) is 19.4. The molecule has 0 radical (unpaired) electrons. The molecular weight excluding hydrogens is 382 g/mol. The van der Waals surface area contributed by atoms with Gasteiger partial charge >= 0.3 is 0 Å². The first-order valence-corrected chi connectivity index (χ1v) is 10.8. The van der Waals surface area contributed by atoms with Crippen LogP contribution in [0, 0.1) is 6.92 Å². The lowest BCUT2D eigenvalue weighted by atomic mass is 10.2. The van der Waals surface area contributed by atoms with Gasteiger partial charge in [-0.2, -0.15) is 5.10 Å². The molecule has 0 saturated carbocycles. The summed E-state index contributed by atoms with van der Waals surface area (Å²) in [6.07, 6.45) is 8.76. The maximum absolute atomic E-state index is 13.2. The molecule has 0 spiro atoms. The number of benzene rings is 1. The predicted octanol–water partition coefficient (Wildman–Crippen LogP) is 4.25. The van der Waals surface area contributed by atoms with Crippen molar-refractivity contribution in [2.75, 3.05) is 5.75 Å². The molecule has 3 aromatic heterocycles. The van der Waals surface area contributed by atoms with Gasteiger partial charge in [-0.15, -0.1) is 0 Å². The van der Waals surface area contributed by atoms with Crippen LogP contribution in [-0.2, 0) is 6.54 Å². The number of pyridine rings is 1. The SMILES string of the molecule is Cc1ccnc(-n2c(SCCCCCn3cccn3)nc3ccccc3c2=O)c1. The fraction of sp³-hybridized carbons (Fsp3) is 0.273. The van der Waals surface area contributed by atoms with E-state index in [0.717, 1.165) is 42.6 Å². The van der Waals surface area contributed by atoms with Gasteiger partial charge in [-0.3, -0.25) is 9.48 Å². The van der Waals surface area contributed by atoms with E-state index in [-0.39, 0.29) is 5.56 Å². The first-order chi connectivity index (χ1) is 14.2. The van der Waals surface area contributed by atoms with Crippen molar-refractivity contribution in [3.63, 3.8) is 0 Å². The molecule has 3 heterocycles. The van der Waals surface area contributed by atoms with E-state index in [4.69, 9.17) is 4.98 Å². The maximum Gasteiger partial charge on any atom is 0.267 e. The number of fused-ring (bicyclic) bond motifs is 1. The van der Waals surface area contributed by atoms with E-state index in [9.17, 15) is 4.79 Å². The van der Waals surface area contributed by atoms with Crippen LogP contribution < -0.4 is 5.56 Å². The Morgan fingerprint density at radius 2 is 1.93 bits per heavy atom. The molecule has 0 bridgehead atoms. The van der Waals surface area contributed by atoms with Gasteiger partial charge < -0.3 is 0 Å². The summed E-state index contributed by atoms with van der Waals surface area (Å²) in [5.74, 6) is 1.52. The van der Waals surface area contributed by atoms with Gasteiger partial charge in [-0.05, 0) is 55.7 Å². The average molecular weight is 406 g/mol. The zero-order valence-electron chi connectivity index (χ0n) is 16.4. The third-order valence-electron chi connectivity index (χ3n) is 4.70. The second-order valence-electron chi connectivity index (χ2n) is 6.92. The highest BCUT2D eigenvalue weighted by Gasteiger charge is 2.14. The van der Waals surface area contributed by atoms with Crippen LogP contribution in [0.4, 0.5) is 0 Å². The molecule has 0 amide bonds. The van der Waals surface area contributed by atoms with Crippen molar-refractivity contribution in [1.29, 1.82) is 0 Å². The highest BCUT2D eigenvalue weighted by molar-refractivity contribution is 7.99. The lowest BCUT2D eigenvalue weighted by Crippen LogP contribution is -2.22. The molecule has 148 valence electrons. The van der Waals surface area contributed by atoms with Crippen LogP contribution in [0.5, 0.6) is 0 Å². The third kappa shape index (κ3) is 4.56. The van der Waals surface area contributed by atoms with E-state index >= 15 is 0 Å². The Labute approximate surface area is 173 Å². The van der Waals surface area contributed by atoms with Crippen LogP contribution in [-0.4, -0.2) is 30.1 Å². The van der Waals surface area contributed by atoms with Crippen LogP contribution in [0.25, 0.3) is 16.7 Å². The van der Waals surface area contributed by atoms with Crippen molar-refractivity contribution in [3.8, 4) is 5.82 Å². The van der Waals surface area contributed by atoms with E-state index in [2.05, 4.69) is 10.1 Å². The second kappa shape index (κ2) is 9.05. The van der Waals surface area contributed by atoms with E-state index in [1.54, 1.807) is 28.7 Å². The highest BCUT2D eigenvalue weighted by atomic mass is 32.2. The fourth-order valence-electron chi connectivity index (χ4n) is 3.20. The smallest absolute Gasteiger partial charge is 0.267 e. The van der Waals surface area contributed by atoms with Crippen molar-refractivity contribution in [1.82, 2.24) is 24.3 Å². The van der Waals surface area contributed by atoms with Crippen molar-refractivity contribution >= 4 is 22.7 Å². The van der Waals surface area contributed by atoms with Gasteiger partial charge in [0.25, 0.3) is 5.56 Å². The standard InChI is InChI=1S/C22H23N5OS/c1-17-10-12-23-20(16-17)27-21(28)18-8-3-4-9-19(18)25-22(27)29-15-6-2-5-13-26-14-7-11-24-26/h3-4,7-12,14,16H,2,5-6,13,15H2,1H3. The monoisotopic (exact) mass is 405 g/mol. The Bertz CT molecular complexity index is 1150. The van der Waals surface area contributed by atoms with Gasteiger partial charge in [0.05, 0.1) is 10.9 Å². The second-order valence-corrected chi connectivity index (χ2v) is 7.98. The van der Waals surface area contributed by atoms with E-state index in [0.29, 0.717) is 16.4 Å². The summed E-state index contributed by atoms with van der Waals surface area (Å²) in [6, 6.07) is 13.3. The lowest BCUT2D eigenvalue weighted by molar-refractivity contribution is 0.554. The summed E-state index contributed by atoms with van der Waals surface area (Å²) >= 11 is 1.61. The zero-order valence-corrected chi connectivity index (χ0v) is 17.2. The number of unbranched alkanes of at least 4 members (excludes halogenated alkanes) is 2. The molecule has 7 heteroatoms. The summed E-state index contributed by atoms with van der Waals surface area (Å²) in [4.78, 5) is 22.4. The van der Waals surface area contributed by atoms with Crippen molar-refractivity contribution in [2.24, 2.45) is 0 Å². The van der Waals surface area contributed by atoms with E-state index < -0.39 is 0 Å². The molecule has 6 nitrogen and oxygen atoms in total. The Morgan fingerprint density at radius 1 is 1.03 bits per heavy atom. The van der Waals surface area contributed by atoms with Crippen molar-refractivity contribution in [2.45, 2.75) is 37.9 Å². The summed E-state index contributed by atoms with van der Waals surface area (Å²) in [6.45, 7) is 2.93. The predicted molar refractivity (Wildman–Crippen MR) is 117 cm³/mol. The number of aryl methyl sites for hydroxylation is 2. The topological polar surface area (TPSA) is 65.6 Å². The minimum atomic E-state index is -0.0742. The van der Waals surface area contributed by atoms with Gasteiger partial charge in [0.15, 0.2) is 5.16 Å². The lowest BCUT2D eigenvalue weighted by Gasteiger charge is -2.13. The molecule has 0 aliphatic heterocycles. The third-order valence-corrected chi connectivity index (χ3v) is 5.72. The molecule has 0 saturated heterocycles. The number of para-hydroxylation sites is 1. The average Bonchev–Trinajstić information content (AvgIpc) is 3.24. The molecular formula is C22H23N5OS. The Balaban J connectivity index is 1.52. The van der Waals surface area contributed by atoms with Gasteiger partial charge in [0.1, 0.15) is 5.82 Å². The quantitative estimate of drug-likeness (QED) is 0.249. The minimum Gasteiger partial charge on any atom is -0.273 e. The summed E-state index contributed by atoms with van der Waals surface area (Å²) in [5, 5.41) is 5.53.